The van der Waals surface area contributed by atoms with Crippen LogP contribution in [0.25, 0.3) is 0 Å². The lowest BCUT2D eigenvalue weighted by Gasteiger charge is -2.48. The van der Waals surface area contributed by atoms with Gasteiger partial charge >= 0.3 is 0 Å². The zero-order valence-electron chi connectivity index (χ0n) is 19.0. The molecule has 172 valence electrons. The first-order valence-electron chi connectivity index (χ1n) is 11.9. The van der Waals surface area contributed by atoms with Gasteiger partial charge in [-0.1, -0.05) is 19.3 Å². The van der Waals surface area contributed by atoms with Crippen molar-refractivity contribution >= 4 is 11.6 Å². The molecule has 0 unspecified atom stereocenters. The largest absolute Gasteiger partial charge is 0.497 e. The van der Waals surface area contributed by atoms with Gasteiger partial charge in [0.2, 0.25) is 5.91 Å². The Morgan fingerprint density at radius 2 is 1.68 bits per heavy atom. The van der Waals surface area contributed by atoms with Crippen molar-refractivity contribution in [3.8, 4) is 5.75 Å². The number of carbonyl (C=O) groups is 1. The van der Waals surface area contributed by atoms with Crippen LogP contribution in [0.4, 0.5) is 5.69 Å². The maximum absolute atomic E-state index is 12.8. The Morgan fingerprint density at radius 1 is 1.00 bits per heavy atom. The average molecular weight is 431 g/mol. The lowest BCUT2D eigenvalue weighted by molar-refractivity contribution is -0.123. The number of methoxy groups -OCH3 is 1. The van der Waals surface area contributed by atoms with Crippen LogP contribution in [0.5, 0.6) is 5.75 Å². The van der Waals surface area contributed by atoms with Crippen LogP contribution in [-0.2, 0) is 9.53 Å². The van der Waals surface area contributed by atoms with Gasteiger partial charge in [0.05, 0.1) is 26.9 Å². The standard InChI is InChI=1S/C24H38N4O3/c1-30-22-7-5-21(6-8-22)27-13-11-26(12-14-27)19-23(29)25-20-24(9-3-2-4-10-24)28-15-17-31-18-16-28/h5-8H,2-4,9-20H2,1H3,(H,25,29). The van der Waals surface area contributed by atoms with Crippen molar-refractivity contribution in [3.05, 3.63) is 24.3 Å². The molecule has 2 saturated heterocycles. The maximum atomic E-state index is 12.8. The molecule has 1 aromatic rings. The molecule has 3 aliphatic rings. The minimum atomic E-state index is 0.130. The lowest BCUT2D eigenvalue weighted by Crippen LogP contribution is -2.60. The van der Waals surface area contributed by atoms with E-state index in [1.54, 1.807) is 7.11 Å². The van der Waals surface area contributed by atoms with Crippen LogP contribution in [0.1, 0.15) is 32.1 Å². The summed E-state index contributed by atoms with van der Waals surface area (Å²) in [6.45, 7) is 8.58. The fraction of sp³-hybridized carbons (Fsp3) is 0.708. The lowest BCUT2D eigenvalue weighted by atomic mass is 9.79. The Bertz CT molecular complexity index is 691. The van der Waals surface area contributed by atoms with E-state index >= 15 is 0 Å². The summed E-state index contributed by atoms with van der Waals surface area (Å²) >= 11 is 0. The predicted molar refractivity (Wildman–Crippen MR) is 123 cm³/mol. The average Bonchev–Trinajstić information content (AvgIpc) is 2.84. The monoisotopic (exact) mass is 430 g/mol. The van der Waals surface area contributed by atoms with Crippen LogP contribution in [0.3, 0.4) is 0 Å². The van der Waals surface area contributed by atoms with Gasteiger partial charge in [-0.2, -0.15) is 0 Å². The summed E-state index contributed by atoms with van der Waals surface area (Å²) in [4.78, 5) is 20.0. The Labute approximate surface area is 186 Å². The SMILES string of the molecule is COc1ccc(N2CCN(CC(=O)NCC3(N4CCOCC4)CCCCC3)CC2)cc1. The normalized spacial score (nSPS) is 22.8. The molecule has 2 heterocycles. The van der Waals surface area contributed by atoms with Crippen LogP contribution in [0.2, 0.25) is 0 Å². The van der Waals surface area contributed by atoms with Crippen LogP contribution in [0, 0.1) is 0 Å². The summed E-state index contributed by atoms with van der Waals surface area (Å²) in [5, 5.41) is 3.30. The Morgan fingerprint density at radius 3 is 2.32 bits per heavy atom. The number of ether oxygens (including phenoxy) is 2. The molecule has 0 bridgehead atoms. The van der Waals surface area contributed by atoms with E-state index in [9.17, 15) is 4.79 Å². The van der Waals surface area contributed by atoms with Gasteiger partial charge in [0.1, 0.15) is 5.75 Å². The van der Waals surface area contributed by atoms with E-state index in [-0.39, 0.29) is 11.4 Å². The molecule has 1 aromatic carbocycles. The number of rotatable bonds is 7. The molecule has 1 saturated carbocycles. The predicted octanol–water partition coefficient (Wildman–Crippen LogP) is 1.97. The molecular weight excluding hydrogens is 392 g/mol. The highest BCUT2D eigenvalue weighted by Crippen LogP contribution is 2.33. The Balaban J connectivity index is 1.24. The topological polar surface area (TPSA) is 57.3 Å². The first-order chi connectivity index (χ1) is 15.2. The molecule has 0 atom stereocenters. The van der Waals surface area contributed by atoms with Crippen LogP contribution in [-0.4, -0.2) is 93.9 Å². The number of hydrogen-bond acceptors (Lipinski definition) is 6. The first-order valence-corrected chi connectivity index (χ1v) is 11.9. The summed E-state index contributed by atoms with van der Waals surface area (Å²) in [6, 6.07) is 8.22. The summed E-state index contributed by atoms with van der Waals surface area (Å²) in [5.74, 6) is 1.04. The minimum absolute atomic E-state index is 0.130. The van der Waals surface area contributed by atoms with Crippen molar-refractivity contribution in [3.63, 3.8) is 0 Å². The number of morpholine rings is 1. The van der Waals surface area contributed by atoms with Crippen LogP contribution < -0.4 is 15.0 Å². The van der Waals surface area contributed by atoms with E-state index in [1.165, 1.54) is 37.8 Å². The third-order valence-corrected chi connectivity index (χ3v) is 7.26. The van der Waals surface area contributed by atoms with E-state index in [2.05, 4.69) is 32.1 Å². The molecule has 4 rings (SSSR count). The van der Waals surface area contributed by atoms with E-state index in [0.717, 1.165) is 64.8 Å². The number of anilines is 1. The fourth-order valence-corrected chi connectivity index (χ4v) is 5.33. The first kappa shape index (κ1) is 22.4. The number of amides is 1. The van der Waals surface area contributed by atoms with Gasteiger partial charge < -0.3 is 19.7 Å². The molecule has 0 spiro atoms. The van der Waals surface area contributed by atoms with E-state index in [0.29, 0.717) is 6.54 Å². The van der Waals surface area contributed by atoms with Crippen molar-refractivity contribution in [1.29, 1.82) is 0 Å². The number of carbonyl (C=O) groups excluding carboxylic acids is 1. The number of nitrogens with one attached hydrogen (secondary N) is 1. The van der Waals surface area contributed by atoms with Gasteiger partial charge in [-0.15, -0.1) is 0 Å². The minimum Gasteiger partial charge on any atom is -0.497 e. The molecule has 1 aliphatic carbocycles. The highest BCUT2D eigenvalue weighted by atomic mass is 16.5. The van der Waals surface area contributed by atoms with Crippen molar-refractivity contribution in [2.24, 2.45) is 0 Å². The van der Waals surface area contributed by atoms with Crippen molar-refractivity contribution in [1.82, 2.24) is 15.1 Å². The highest BCUT2D eigenvalue weighted by Gasteiger charge is 2.38. The summed E-state index contributed by atoms with van der Waals surface area (Å²) < 4.78 is 10.8. The fourth-order valence-electron chi connectivity index (χ4n) is 5.33. The summed E-state index contributed by atoms with van der Waals surface area (Å²) in [7, 11) is 1.69. The molecule has 2 aliphatic heterocycles. The second kappa shape index (κ2) is 10.7. The summed E-state index contributed by atoms with van der Waals surface area (Å²) in [5.41, 5.74) is 1.35. The van der Waals surface area contributed by atoms with Crippen molar-refractivity contribution < 1.29 is 14.3 Å². The van der Waals surface area contributed by atoms with Gasteiger partial charge in [-0.3, -0.25) is 14.6 Å². The molecule has 1 amide bonds. The van der Waals surface area contributed by atoms with Crippen LogP contribution >= 0.6 is 0 Å². The molecule has 0 aromatic heterocycles. The number of nitrogens with zero attached hydrogens (tertiary/aromatic N) is 3. The molecule has 31 heavy (non-hydrogen) atoms. The van der Waals surface area contributed by atoms with E-state index in [1.807, 2.05) is 12.1 Å². The molecule has 3 fully saturated rings. The van der Waals surface area contributed by atoms with Gasteiger partial charge in [-0.25, -0.2) is 0 Å². The molecule has 1 N–H and O–H groups in total. The van der Waals surface area contributed by atoms with Crippen molar-refractivity contribution in [2.45, 2.75) is 37.6 Å². The number of hydrogen-bond donors (Lipinski definition) is 1. The third kappa shape index (κ3) is 5.70. The third-order valence-electron chi connectivity index (χ3n) is 7.26. The second-order valence-corrected chi connectivity index (χ2v) is 9.12. The molecule has 0 radical (unpaired) electrons. The number of benzene rings is 1. The molecule has 7 heteroatoms. The van der Waals surface area contributed by atoms with E-state index < -0.39 is 0 Å². The molecular formula is C24H38N4O3. The van der Waals surface area contributed by atoms with Gasteiger partial charge in [0, 0.05) is 57.0 Å². The zero-order valence-corrected chi connectivity index (χ0v) is 19.0. The second-order valence-electron chi connectivity index (χ2n) is 9.12. The van der Waals surface area contributed by atoms with E-state index in [4.69, 9.17) is 9.47 Å². The highest BCUT2D eigenvalue weighted by molar-refractivity contribution is 5.78. The zero-order chi connectivity index (χ0) is 21.5. The van der Waals surface area contributed by atoms with Gasteiger partial charge in [0.25, 0.3) is 0 Å². The smallest absolute Gasteiger partial charge is 0.234 e. The van der Waals surface area contributed by atoms with Gasteiger partial charge in [-0.05, 0) is 37.1 Å². The van der Waals surface area contributed by atoms with Gasteiger partial charge in [0.15, 0.2) is 0 Å². The van der Waals surface area contributed by atoms with Crippen molar-refractivity contribution in [2.75, 3.05) is 77.6 Å². The Kier molecular flexibility index (Phi) is 7.69. The Hall–Kier alpha value is -1.83. The quantitative estimate of drug-likeness (QED) is 0.714. The molecule has 7 nitrogen and oxygen atoms in total. The summed E-state index contributed by atoms with van der Waals surface area (Å²) in [6.07, 6.45) is 6.22. The van der Waals surface area contributed by atoms with Crippen LogP contribution in [0.15, 0.2) is 24.3 Å². The number of piperazine rings is 1. The maximum Gasteiger partial charge on any atom is 0.234 e.